The van der Waals surface area contributed by atoms with Gasteiger partial charge >= 0.3 is 11.9 Å². The minimum absolute atomic E-state index is 0.152. The van der Waals surface area contributed by atoms with Crippen LogP contribution in [0.3, 0.4) is 0 Å². The number of aliphatic hydroxyl groups is 1. The number of hydrogen-bond acceptors (Lipinski definition) is 5. The molecule has 0 radical (unpaired) electrons. The van der Waals surface area contributed by atoms with E-state index in [2.05, 4.69) is 11.3 Å². The fourth-order valence-corrected chi connectivity index (χ4v) is 2.02. The molecule has 1 N–H and O–H groups in total. The Hall–Kier alpha value is -1.36. The summed E-state index contributed by atoms with van der Waals surface area (Å²) in [6.07, 6.45) is 6.33. The number of hydrogen-bond donors (Lipinski definition) is 1. The summed E-state index contributed by atoms with van der Waals surface area (Å²) in [5.41, 5.74) is 0.152. The van der Waals surface area contributed by atoms with Crippen LogP contribution in [0.1, 0.15) is 44.9 Å². The van der Waals surface area contributed by atoms with E-state index in [9.17, 15) is 9.59 Å². The number of rotatable bonds is 11. The average molecular weight is 286 g/mol. The van der Waals surface area contributed by atoms with Crippen molar-refractivity contribution in [1.29, 1.82) is 0 Å². The van der Waals surface area contributed by atoms with E-state index >= 15 is 0 Å². The Balaban J connectivity index is 4.09. The molecule has 0 aromatic heterocycles. The molecule has 0 spiro atoms. The largest absolute Gasteiger partial charge is 0.469 e. The molecule has 116 valence electrons. The van der Waals surface area contributed by atoms with Gasteiger partial charge in [-0.05, 0) is 12.8 Å². The molecule has 1 atom stereocenters. The summed E-state index contributed by atoms with van der Waals surface area (Å²) >= 11 is 0. The number of methoxy groups -OCH3 is 2. The second-order valence-corrected chi connectivity index (χ2v) is 4.73. The first-order valence-electron chi connectivity index (χ1n) is 7.04. The van der Waals surface area contributed by atoms with Crippen LogP contribution in [0.5, 0.6) is 0 Å². The van der Waals surface area contributed by atoms with Crippen LogP contribution in [-0.4, -0.2) is 37.9 Å². The van der Waals surface area contributed by atoms with Crippen LogP contribution in [0.2, 0.25) is 0 Å². The molecule has 0 amide bonds. The monoisotopic (exact) mass is 286 g/mol. The molecule has 0 aromatic rings. The van der Waals surface area contributed by atoms with Gasteiger partial charge in [-0.15, -0.1) is 0 Å². The summed E-state index contributed by atoms with van der Waals surface area (Å²) in [4.78, 5) is 23.1. The Labute approximate surface area is 121 Å². The fraction of sp³-hybridized carbons (Fsp3) is 0.733. The molecular formula is C15H26O5. The van der Waals surface area contributed by atoms with Crippen LogP contribution < -0.4 is 0 Å². The first-order chi connectivity index (χ1) is 9.58. The Morgan fingerprint density at radius 2 is 1.55 bits per heavy atom. The average Bonchev–Trinajstić information content (AvgIpc) is 2.47. The number of ether oxygens (including phenoxy) is 2. The van der Waals surface area contributed by atoms with Crippen molar-refractivity contribution in [3.05, 3.63) is 12.2 Å². The highest BCUT2D eigenvalue weighted by molar-refractivity contribution is 5.94. The van der Waals surface area contributed by atoms with Gasteiger partial charge in [0.2, 0.25) is 0 Å². The summed E-state index contributed by atoms with van der Waals surface area (Å²) in [6.45, 7) is 3.87. The Morgan fingerprint density at radius 3 is 2.05 bits per heavy atom. The number of carbonyl (C=O) groups is 2. The van der Waals surface area contributed by atoms with Crippen LogP contribution >= 0.6 is 0 Å². The smallest absolute Gasteiger partial charge is 0.334 e. The first-order valence-corrected chi connectivity index (χ1v) is 7.04. The van der Waals surface area contributed by atoms with Crippen LogP contribution in [-0.2, 0) is 19.1 Å². The van der Waals surface area contributed by atoms with Crippen molar-refractivity contribution in [2.45, 2.75) is 44.9 Å². The Bertz CT molecular complexity index is 311. The minimum Gasteiger partial charge on any atom is -0.469 e. The summed E-state index contributed by atoms with van der Waals surface area (Å²) in [5, 5.41) is 8.66. The zero-order valence-corrected chi connectivity index (χ0v) is 12.5. The number of aliphatic hydroxyl groups excluding tert-OH is 1. The van der Waals surface area contributed by atoms with Crippen LogP contribution in [0.25, 0.3) is 0 Å². The molecule has 0 saturated carbocycles. The number of unbranched alkanes of at least 4 members (excludes halogenated alkanes) is 5. The normalized spacial score (nSPS) is 11.8. The Morgan fingerprint density at radius 1 is 1.00 bits per heavy atom. The van der Waals surface area contributed by atoms with Crippen molar-refractivity contribution in [3.63, 3.8) is 0 Å². The van der Waals surface area contributed by atoms with E-state index in [4.69, 9.17) is 9.84 Å². The minimum atomic E-state index is -0.620. The van der Waals surface area contributed by atoms with Crippen molar-refractivity contribution in [3.8, 4) is 0 Å². The highest BCUT2D eigenvalue weighted by Gasteiger charge is 2.26. The quantitative estimate of drug-likeness (QED) is 0.358. The molecule has 1 unspecified atom stereocenters. The van der Waals surface area contributed by atoms with Gasteiger partial charge in [-0.3, -0.25) is 4.79 Å². The zero-order valence-electron chi connectivity index (χ0n) is 12.5. The van der Waals surface area contributed by atoms with Crippen molar-refractivity contribution in [1.82, 2.24) is 0 Å². The maximum absolute atomic E-state index is 11.7. The molecule has 0 aliphatic carbocycles. The van der Waals surface area contributed by atoms with Gasteiger partial charge in [0.15, 0.2) is 0 Å². The molecule has 5 heteroatoms. The maximum Gasteiger partial charge on any atom is 0.334 e. The number of esters is 2. The molecular weight excluding hydrogens is 260 g/mol. The predicted octanol–water partition coefficient (Wildman–Crippen LogP) is 2.23. The van der Waals surface area contributed by atoms with Gasteiger partial charge < -0.3 is 14.6 Å². The molecule has 0 heterocycles. The van der Waals surface area contributed by atoms with Crippen LogP contribution in [0.4, 0.5) is 0 Å². The van der Waals surface area contributed by atoms with Gasteiger partial charge in [-0.2, -0.15) is 0 Å². The highest BCUT2D eigenvalue weighted by atomic mass is 16.5. The summed E-state index contributed by atoms with van der Waals surface area (Å²) in [6, 6.07) is 0. The molecule has 0 saturated heterocycles. The van der Waals surface area contributed by atoms with E-state index in [0.717, 1.165) is 38.5 Å². The van der Waals surface area contributed by atoms with Crippen molar-refractivity contribution in [2.24, 2.45) is 5.92 Å². The van der Waals surface area contributed by atoms with Crippen LogP contribution in [0.15, 0.2) is 12.2 Å². The second kappa shape index (κ2) is 11.5. The molecule has 0 rings (SSSR count). The van der Waals surface area contributed by atoms with E-state index in [-0.39, 0.29) is 12.2 Å². The SMILES string of the molecule is C=C(C(=O)OC)C(CCCCCCCCO)C(=O)OC. The van der Waals surface area contributed by atoms with E-state index < -0.39 is 17.9 Å². The second-order valence-electron chi connectivity index (χ2n) is 4.73. The van der Waals surface area contributed by atoms with Gasteiger partial charge in [-0.25, -0.2) is 4.79 Å². The van der Waals surface area contributed by atoms with Crippen LogP contribution in [0, 0.1) is 5.92 Å². The predicted molar refractivity (Wildman–Crippen MR) is 76.1 cm³/mol. The maximum atomic E-state index is 11.7. The molecule has 0 bridgehead atoms. The lowest BCUT2D eigenvalue weighted by Crippen LogP contribution is -2.23. The van der Waals surface area contributed by atoms with Crippen molar-refractivity contribution >= 4 is 11.9 Å². The third kappa shape index (κ3) is 7.28. The lowest BCUT2D eigenvalue weighted by molar-refractivity contribution is -0.147. The summed E-state index contributed by atoms with van der Waals surface area (Å²) in [7, 11) is 2.57. The molecule has 0 aliphatic heterocycles. The topological polar surface area (TPSA) is 72.8 Å². The van der Waals surface area contributed by atoms with E-state index in [0.29, 0.717) is 6.42 Å². The van der Waals surface area contributed by atoms with Gasteiger partial charge in [0.1, 0.15) is 0 Å². The van der Waals surface area contributed by atoms with Gasteiger partial charge in [0, 0.05) is 12.2 Å². The summed E-state index contributed by atoms with van der Waals surface area (Å²) in [5.74, 6) is -1.63. The summed E-state index contributed by atoms with van der Waals surface area (Å²) < 4.78 is 9.29. The first kappa shape index (κ1) is 18.6. The highest BCUT2D eigenvalue weighted by Crippen LogP contribution is 2.21. The van der Waals surface area contributed by atoms with E-state index in [1.165, 1.54) is 14.2 Å². The zero-order chi connectivity index (χ0) is 15.4. The molecule has 0 fully saturated rings. The standard InChI is InChI=1S/C15H26O5/c1-12(14(17)19-2)13(15(18)20-3)10-8-6-4-5-7-9-11-16/h13,16H,1,4-11H2,2-3H3. The van der Waals surface area contributed by atoms with Gasteiger partial charge in [-0.1, -0.05) is 38.7 Å². The lowest BCUT2D eigenvalue weighted by Gasteiger charge is -2.15. The Kier molecular flexibility index (Phi) is 10.7. The third-order valence-corrected chi connectivity index (χ3v) is 3.25. The molecule has 5 nitrogen and oxygen atoms in total. The van der Waals surface area contributed by atoms with Crippen molar-refractivity contribution in [2.75, 3.05) is 20.8 Å². The molecule has 20 heavy (non-hydrogen) atoms. The van der Waals surface area contributed by atoms with Gasteiger partial charge in [0.05, 0.1) is 20.1 Å². The fourth-order valence-electron chi connectivity index (χ4n) is 2.02. The van der Waals surface area contributed by atoms with Gasteiger partial charge in [0.25, 0.3) is 0 Å². The third-order valence-electron chi connectivity index (χ3n) is 3.25. The number of carbonyl (C=O) groups excluding carboxylic acids is 2. The molecule has 0 aromatic carbocycles. The van der Waals surface area contributed by atoms with E-state index in [1.54, 1.807) is 0 Å². The van der Waals surface area contributed by atoms with Crippen molar-refractivity contribution < 1.29 is 24.2 Å². The van der Waals surface area contributed by atoms with E-state index in [1.807, 2.05) is 0 Å². The molecule has 0 aliphatic rings. The lowest BCUT2D eigenvalue weighted by atomic mass is 9.93.